The van der Waals surface area contributed by atoms with Gasteiger partial charge < -0.3 is 37.9 Å². The van der Waals surface area contributed by atoms with Crippen molar-refractivity contribution in [3.05, 3.63) is 133 Å². The second-order valence-electron chi connectivity index (χ2n) is 10.8. The molecule has 2 unspecified atom stereocenters. The van der Waals surface area contributed by atoms with E-state index in [1.165, 1.54) is 14.2 Å². The molecule has 2 atom stereocenters. The van der Waals surface area contributed by atoms with E-state index in [9.17, 15) is 9.59 Å². The highest BCUT2D eigenvalue weighted by atomic mass is 16.6. The molecule has 1 aliphatic rings. The zero-order valence-corrected chi connectivity index (χ0v) is 28.3. The second kappa shape index (κ2) is 20.6. The van der Waals surface area contributed by atoms with Gasteiger partial charge in [0.25, 0.3) is 12.9 Å². The van der Waals surface area contributed by atoms with E-state index in [4.69, 9.17) is 37.9 Å². The van der Waals surface area contributed by atoms with Gasteiger partial charge in [-0.15, -0.1) is 0 Å². The fraction of sp³-hybridized carbons (Fsp3) is 0.333. The van der Waals surface area contributed by atoms with Gasteiger partial charge in [-0.3, -0.25) is 9.59 Å². The lowest BCUT2D eigenvalue weighted by Crippen LogP contribution is -2.28. The topological polar surface area (TPSA) is 108 Å². The molecule has 3 rings (SSSR count). The molecule has 1 aliphatic carbocycles. The van der Waals surface area contributed by atoms with Gasteiger partial charge in [-0.25, -0.2) is 0 Å². The molecular weight excluding hydrogens is 628 g/mol. The average molecular weight is 675 g/mol. The van der Waals surface area contributed by atoms with E-state index in [0.717, 1.165) is 33.4 Å². The van der Waals surface area contributed by atoms with Crippen LogP contribution in [0.5, 0.6) is 11.5 Å². The van der Waals surface area contributed by atoms with Crippen molar-refractivity contribution in [2.75, 3.05) is 67.1 Å². The Morgan fingerprint density at radius 2 is 1.14 bits per heavy atom. The van der Waals surface area contributed by atoms with E-state index < -0.39 is 11.5 Å². The van der Waals surface area contributed by atoms with Crippen LogP contribution in [-0.2, 0) is 43.4 Å². The molecule has 49 heavy (non-hydrogen) atoms. The summed E-state index contributed by atoms with van der Waals surface area (Å²) in [6.07, 6.45) is 6.63. The summed E-state index contributed by atoms with van der Waals surface area (Å²) in [6.45, 7) is 19.6. The summed E-state index contributed by atoms with van der Waals surface area (Å²) < 4.78 is 43.1. The van der Waals surface area contributed by atoms with Crippen molar-refractivity contribution in [1.29, 1.82) is 0 Å². The molecule has 1 fully saturated rings. The molecule has 10 nitrogen and oxygen atoms in total. The van der Waals surface area contributed by atoms with Gasteiger partial charge in [0.05, 0.1) is 38.4 Å². The highest BCUT2D eigenvalue weighted by Crippen LogP contribution is 2.57. The maximum atomic E-state index is 10.7. The molecule has 2 aromatic rings. The van der Waals surface area contributed by atoms with Crippen LogP contribution >= 0.6 is 0 Å². The molecule has 0 aliphatic heterocycles. The Bertz CT molecular complexity index is 1420. The Labute approximate surface area is 288 Å². The molecule has 262 valence electrons. The number of allylic oxidation sites excluding steroid dienone is 8. The van der Waals surface area contributed by atoms with Crippen LogP contribution in [0.25, 0.3) is 0 Å². The Balaban J connectivity index is 1.81. The van der Waals surface area contributed by atoms with E-state index >= 15 is 0 Å². The van der Waals surface area contributed by atoms with Gasteiger partial charge in [0.1, 0.15) is 43.5 Å². The number of rotatable bonds is 24. The van der Waals surface area contributed by atoms with E-state index in [-0.39, 0.29) is 32.5 Å². The fourth-order valence-corrected chi connectivity index (χ4v) is 5.59. The number of carbonyl (C=O) groups is 2. The van der Waals surface area contributed by atoms with Gasteiger partial charge in [-0.1, -0.05) is 74.9 Å². The number of ether oxygens (including phenoxy) is 8. The summed E-state index contributed by atoms with van der Waals surface area (Å²) in [6, 6.07) is 15.8. The summed E-state index contributed by atoms with van der Waals surface area (Å²) in [4.78, 5) is 21.1. The van der Waals surface area contributed by atoms with Crippen molar-refractivity contribution in [3.63, 3.8) is 0 Å². The maximum absolute atomic E-state index is 10.7. The van der Waals surface area contributed by atoms with E-state index in [1.807, 2.05) is 60.7 Å². The van der Waals surface area contributed by atoms with Crippen LogP contribution in [-0.4, -0.2) is 92.2 Å². The van der Waals surface area contributed by atoms with E-state index in [1.54, 1.807) is 12.2 Å². The van der Waals surface area contributed by atoms with E-state index in [2.05, 4.69) is 26.3 Å². The Kier molecular flexibility index (Phi) is 16.3. The standard InChI is InChI=1S/C39H46O10/c1-7-9-37-29(3)30(4)38(10-8-2)39(37,31-11-15-33(16-12-31)47-21-19-44-24-35(43-6)25-46-27-40)32-13-17-34(18-14-32)48-22-20-45-26-36(23-42-5)49-28-41/h7-18,27-28,35-36H,1-4,19-26H2,5-6H3/b37-9+,38-10+. The molecule has 0 N–H and O–H groups in total. The fourth-order valence-electron chi connectivity index (χ4n) is 5.59. The zero-order valence-electron chi connectivity index (χ0n) is 28.3. The number of methoxy groups -OCH3 is 2. The third-order valence-electron chi connectivity index (χ3n) is 7.85. The number of hydrogen-bond donors (Lipinski definition) is 0. The number of carbonyl (C=O) groups excluding carboxylic acids is 2. The monoisotopic (exact) mass is 674 g/mol. The molecule has 1 saturated carbocycles. The Morgan fingerprint density at radius 1 is 0.653 bits per heavy atom. The zero-order chi connectivity index (χ0) is 35.5. The maximum Gasteiger partial charge on any atom is 0.293 e. The lowest BCUT2D eigenvalue weighted by Gasteiger charge is -2.34. The molecule has 0 amide bonds. The van der Waals surface area contributed by atoms with Crippen molar-refractivity contribution in [3.8, 4) is 11.5 Å². The predicted molar refractivity (Wildman–Crippen MR) is 187 cm³/mol. The van der Waals surface area contributed by atoms with Gasteiger partial charge in [0.15, 0.2) is 0 Å². The van der Waals surface area contributed by atoms with Crippen molar-refractivity contribution in [2.24, 2.45) is 0 Å². The smallest absolute Gasteiger partial charge is 0.293 e. The molecule has 10 heteroatoms. The highest BCUT2D eigenvalue weighted by molar-refractivity contribution is 5.79. The first-order valence-corrected chi connectivity index (χ1v) is 15.7. The molecule has 0 aromatic heterocycles. The summed E-state index contributed by atoms with van der Waals surface area (Å²) in [7, 11) is 3.06. The van der Waals surface area contributed by atoms with Gasteiger partial charge >= 0.3 is 0 Å². The number of hydrogen-bond acceptors (Lipinski definition) is 10. The Hall–Kier alpha value is -4.74. The molecule has 0 heterocycles. The van der Waals surface area contributed by atoms with Crippen LogP contribution in [0, 0.1) is 0 Å². The summed E-state index contributed by atoms with van der Waals surface area (Å²) in [5.41, 5.74) is 4.67. The molecule has 0 saturated heterocycles. The second-order valence-corrected chi connectivity index (χ2v) is 10.8. The van der Waals surface area contributed by atoms with Crippen LogP contribution in [0.3, 0.4) is 0 Å². The normalized spacial score (nSPS) is 16.6. The SMILES string of the molecule is C=C/C=C1\C(=C)C(=C)/C(=C\C=C)C1(c1ccc(OCCOCC(COC=O)OC)cc1)c1ccc(OCCOCC(COC)OC=O)cc1. The summed E-state index contributed by atoms with van der Waals surface area (Å²) in [5.74, 6) is 1.34. The van der Waals surface area contributed by atoms with Crippen LogP contribution in [0.1, 0.15) is 11.1 Å². The van der Waals surface area contributed by atoms with Gasteiger partial charge in [-0.2, -0.15) is 0 Å². The highest BCUT2D eigenvalue weighted by Gasteiger charge is 2.49. The molecule has 0 spiro atoms. The van der Waals surface area contributed by atoms with Crippen LogP contribution < -0.4 is 9.47 Å². The minimum atomic E-state index is -0.770. The van der Waals surface area contributed by atoms with Crippen molar-refractivity contribution in [2.45, 2.75) is 17.6 Å². The first-order chi connectivity index (χ1) is 23.9. The average Bonchev–Trinajstić information content (AvgIpc) is 3.32. The van der Waals surface area contributed by atoms with Crippen LogP contribution in [0.2, 0.25) is 0 Å². The lowest BCUT2D eigenvalue weighted by molar-refractivity contribution is -0.140. The molecule has 2 aromatic carbocycles. The van der Waals surface area contributed by atoms with Crippen molar-refractivity contribution < 1.29 is 47.5 Å². The van der Waals surface area contributed by atoms with Gasteiger partial charge in [-0.05, 0) is 57.7 Å². The Morgan fingerprint density at radius 3 is 1.55 bits per heavy atom. The van der Waals surface area contributed by atoms with Gasteiger partial charge in [0, 0.05) is 14.2 Å². The summed E-state index contributed by atoms with van der Waals surface area (Å²) >= 11 is 0. The van der Waals surface area contributed by atoms with Crippen molar-refractivity contribution in [1.82, 2.24) is 0 Å². The largest absolute Gasteiger partial charge is 0.491 e. The van der Waals surface area contributed by atoms with Crippen LogP contribution in [0.15, 0.2) is 121 Å². The first kappa shape index (κ1) is 38.7. The molecule has 0 radical (unpaired) electrons. The van der Waals surface area contributed by atoms with E-state index in [0.29, 0.717) is 50.9 Å². The number of benzene rings is 2. The van der Waals surface area contributed by atoms with Crippen molar-refractivity contribution >= 4 is 12.9 Å². The third-order valence-corrected chi connectivity index (χ3v) is 7.85. The third kappa shape index (κ3) is 10.1. The first-order valence-electron chi connectivity index (χ1n) is 15.7. The van der Waals surface area contributed by atoms with Crippen LogP contribution in [0.4, 0.5) is 0 Å². The van der Waals surface area contributed by atoms with Gasteiger partial charge in [0.2, 0.25) is 0 Å². The summed E-state index contributed by atoms with van der Waals surface area (Å²) in [5, 5.41) is 0. The quantitative estimate of drug-likeness (QED) is 0.105. The minimum Gasteiger partial charge on any atom is -0.491 e. The lowest BCUT2D eigenvalue weighted by atomic mass is 9.67. The molecular formula is C39H46O10. The predicted octanol–water partition coefficient (Wildman–Crippen LogP) is 5.49. The minimum absolute atomic E-state index is 0.120. The molecule has 0 bridgehead atoms.